The third-order valence-electron chi connectivity index (χ3n) is 4.03. The van der Waals surface area contributed by atoms with E-state index in [1.165, 1.54) is 43.3 Å². The Morgan fingerprint density at radius 3 is 2.29 bits per heavy atom. The zero-order valence-corrected chi connectivity index (χ0v) is 12.8. The van der Waals surface area contributed by atoms with E-state index < -0.39 is 33.4 Å². The molecular formula is C15H14BrFO4. The lowest BCUT2D eigenvalue weighted by Crippen LogP contribution is -2.49. The monoisotopic (exact) mass is 356 g/mol. The summed E-state index contributed by atoms with van der Waals surface area (Å²) in [5.41, 5.74) is -2.40. The number of allylic oxidation sites excluding steroid dienone is 1. The van der Waals surface area contributed by atoms with E-state index in [0.29, 0.717) is 5.56 Å². The molecule has 3 unspecified atom stereocenters. The molecular weight excluding hydrogens is 343 g/mol. The van der Waals surface area contributed by atoms with Crippen molar-refractivity contribution in [3.8, 4) is 0 Å². The van der Waals surface area contributed by atoms with Crippen molar-refractivity contribution in [2.45, 2.75) is 23.6 Å². The average Bonchev–Trinajstić information content (AvgIpc) is 2.42. The van der Waals surface area contributed by atoms with Gasteiger partial charge in [-0.1, -0.05) is 40.2 Å². The van der Waals surface area contributed by atoms with Crippen molar-refractivity contribution in [2.24, 2.45) is 5.41 Å². The first-order chi connectivity index (χ1) is 9.72. The SMILES string of the molecule is CC1(C(=O)O)CC(C(=O)O)(c2ccc(F)cc2)C=CC1Br. The van der Waals surface area contributed by atoms with Crippen LogP contribution in [0.3, 0.4) is 0 Å². The molecule has 21 heavy (non-hydrogen) atoms. The second kappa shape index (κ2) is 5.26. The van der Waals surface area contributed by atoms with Gasteiger partial charge in [0, 0.05) is 4.83 Å². The summed E-state index contributed by atoms with van der Waals surface area (Å²) in [5, 5.41) is 19.1. The molecule has 0 heterocycles. The fourth-order valence-electron chi connectivity index (χ4n) is 2.61. The normalized spacial score (nSPS) is 31.9. The van der Waals surface area contributed by atoms with Crippen molar-refractivity contribution in [1.29, 1.82) is 0 Å². The van der Waals surface area contributed by atoms with Crippen molar-refractivity contribution >= 4 is 27.9 Å². The second-order valence-electron chi connectivity index (χ2n) is 5.44. The maximum Gasteiger partial charge on any atom is 0.318 e. The summed E-state index contributed by atoms with van der Waals surface area (Å²) in [6.07, 6.45) is 2.89. The number of rotatable bonds is 3. The number of hydrogen-bond acceptors (Lipinski definition) is 2. The first-order valence-electron chi connectivity index (χ1n) is 6.29. The molecule has 0 spiro atoms. The van der Waals surface area contributed by atoms with Crippen LogP contribution >= 0.6 is 15.9 Å². The molecule has 0 aromatic heterocycles. The number of carboxylic acid groups (broad SMARTS) is 2. The predicted octanol–water partition coefficient (Wildman–Crippen LogP) is 2.96. The van der Waals surface area contributed by atoms with E-state index >= 15 is 0 Å². The number of carbonyl (C=O) groups is 2. The highest BCUT2D eigenvalue weighted by molar-refractivity contribution is 9.09. The number of aliphatic carboxylic acids is 2. The lowest BCUT2D eigenvalue weighted by atomic mass is 9.63. The van der Waals surface area contributed by atoms with Crippen LogP contribution in [0.25, 0.3) is 0 Å². The fourth-order valence-corrected chi connectivity index (χ4v) is 3.12. The van der Waals surface area contributed by atoms with Gasteiger partial charge in [0.1, 0.15) is 11.2 Å². The van der Waals surface area contributed by atoms with Gasteiger partial charge in [0.05, 0.1) is 5.41 Å². The van der Waals surface area contributed by atoms with Crippen molar-refractivity contribution in [1.82, 2.24) is 0 Å². The van der Waals surface area contributed by atoms with Crippen molar-refractivity contribution in [3.05, 3.63) is 47.8 Å². The molecule has 2 rings (SSSR count). The van der Waals surface area contributed by atoms with Crippen LogP contribution < -0.4 is 0 Å². The Hall–Kier alpha value is -1.69. The molecule has 0 radical (unpaired) electrons. The molecule has 1 aromatic carbocycles. The quantitative estimate of drug-likeness (QED) is 0.644. The third-order valence-corrected chi connectivity index (χ3v) is 5.35. The number of carboxylic acids is 2. The zero-order valence-electron chi connectivity index (χ0n) is 11.2. The molecule has 0 fully saturated rings. The van der Waals surface area contributed by atoms with E-state index in [2.05, 4.69) is 15.9 Å². The molecule has 0 saturated heterocycles. The Morgan fingerprint density at radius 2 is 1.81 bits per heavy atom. The van der Waals surface area contributed by atoms with Gasteiger partial charge >= 0.3 is 11.9 Å². The molecule has 112 valence electrons. The molecule has 6 heteroatoms. The number of hydrogen-bond donors (Lipinski definition) is 2. The molecule has 1 aliphatic rings. The van der Waals surface area contributed by atoms with Crippen LogP contribution in [0.15, 0.2) is 36.4 Å². The Balaban J connectivity index is 2.59. The first kappa shape index (κ1) is 15.7. The van der Waals surface area contributed by atoms with Crippen molar-refractivity contribution in [2.75, 3.05) is 0 Å². The molecule has 0 aliphatic heterocycles. The van der Waals surface area contributed by atoms with E-state index in [-0.39, 0.29) is 6.42 Å². The van der Waals surface area contributed by atoms with Crippen LogP contribution in [0.5, 0.6) is 0 Å². The summed E-state index contributed by atoms with van der Waals surface area (Å²) in [6.45, 7) is 1.50. The van der Waals surface area contributed by atoms with Crippen LogP contribution in [0, 0.1) is 11.2 Å². The molecule has 3 atom stereocenters. The Bertz CT molecular complexity index is 613. The van der Waals surface area contributed by atoms with Gasteiger partial charge in [0.15, 0.2) is 0 Å². The van der Waals surface area contributed by atoms with Gasteiger partial charge in [-0.3, -0.25) is 9.59 Å². The van der Waals surface area contributed by atoms with Crippen LogP contribution in [0.1, 0.15) is 18.9 Å². The molecule has 1 aromatic rings. The largest absolute Gasteiger partial charge is 0.481 e. The van der Waals surface area contributed by atoms with E-state index in [1.54, 1.807) is 0 Å². The fraction of sp³-hybridized carbons (Fsp3) is 0.333. The third kappa shape index (κ3) is 2.48. The minimum atomic E-state index is -1.48. The number of alkyl halides is 1. The molecule has 2 N–H and O–H groups in total. The lowest BCUT2D eigenvalue weighted by molar-refractivity contribution is -0.151. The van der Waals surface area contributed by atoms with Crippen molar-refractivity contribution < 1.29 is 24.2 Å². The molecule has 1 aliphatic carbocycles. The molecule has 0 saturated carbocycles. The van der Waals surface area contributed by atoms with Gasteiger partial charge in [-0.05, 0) is 31.0 Å². The summed E-state index contributed by atoms with van der Waals surface area (Å²) in [7, 11) is 0. The maximum absolute atomic E-state index is 13.1. The second-order valence-corrected chi connectivity index (χ2v) is 6.43. The van der Waals surface area contributed by atoms with Crippen LogP contribution in [0.4, 0.5) is 4.39 Å². The van der Waals surface area contributed by atoms with Gasteiger partial charge in [0.25, 0.3) is 0 Å². The van der Waals surface area contributed by atoms with Gasteiger partial charge in [-0.2, -0.15) is 0 Å². The predicted molar refractivity (Wildman–Crippen MR) is 77.9 cm³/mol. The maximum atomic E-state index is 13.1. The Morgan fingerprint density at radius 1 is 1.24 bits per heavy atom. The Labute approximate surface area is 129 Å². The van der Waals surface area contributed by atoms with Gasteiger partial charge in [-0.15, -0.1) is 0 Å². The highest BCUT2D eigenvalue weighted by atomic mass is 79.9. The topological polar surface area (TPSA) is 74.6 Å². The molecule has 4 nitrogen and oxygen atoms in total. The van der Waals surface area contributed by atoms with Crippen LogP contribution in [-0.2, 0) is 15.0 Å². The summed E-state index contributed by atoms with van der Waals surface area (Å²) >= 11 is 3.28. The van der Waals surface area contributed by atoms with E-state index in [1.807, 2.05) is 0 Å². The van der Waals surface area contributed by atoms with Gasteiger partial charge < -0.3 is 10.2 Å². The van der Waals surface area contributed by atoms with E-state index in [4.69, 9.17) is 0 Å². The first-order valence-corrected chi connectivity index (χ1v) is 7.20. The number of benzene rings is 1. The minimum absolute atomic E-state index is 0.122. The summed E-state index contributed by atoms with van der Waals surface area (Å²) in [4.78, 5) is 22.9. The molecule has 0 amide bonds. The smallest absolute Gasteiger partial charge is 0.318 e. The van der Waals surface area contributed by atoms with Gasteiger partial charge in [-0.25, -0.2) is 4.39 Å². The highest BCUT2D eigenvalue weighted by Crippen LogP contribution is 2.47. The zero-order chi connectivity index (χ0) is 15.8. The van der Waals surface area contributed by atoms with Crippen molar-refractivity contribution in [3.63, 3.8) is 0 Å². The summed E-state index contributed by atoms with van der Waals surface area (Å²) in [6, 6.07) is 5.10. The van der Waals surface area contributed by atoms with E-state index in [0.717, 1.165) is 0 Å². The number of halogens is 2. The van der Waals surface area contributed by atoms with Crippen LogP contribution in [-0.4, -0.2) is 27.0 Å². The average molecular weight is 357 g/mol. The lowest BCUT2D eigenvalue weighted by Gasteiger charge is -2.41. The summed E-state index contributed by atoms with van der Waals surface area (Å²) in [5.74, 6) is -2.71. The minimum Gasteiger partial charge on any atom is -0.481 e. The summed E-state index contributed by atoms with van der Waals surface area (Å²) < 4.78 is 13.1. The van der Waals surface area contributed by atoms with Gasteiger partial charge in [0.2, 0.25) is 0 Å². The molecule has 0 bridgehead atoms. The van der Waals surface area contributed by atoms with Crippen LogP contribution in [0.2, 0.25) is 0 Å². The van der Waals surface area contributed by atoms with E-state index in [9.17, 15) is 24.2 Å². The standard InChI is InChI=1S/C15H14BrFO4/c1-14(12(18)19)8-15(13(20)21,7-6-11(14)16)9-2-4-10(17)5-3-9/h2-7,11H,8H2,1H3,(H,18,19)(H,20,21). The Kier molecular flexibility index (Phi) is 3.93. The highest BCUT2D eigenvalue weighted by Gasteiger charge is 2.53.